The van der Waals surface area contributed by atoms with Gasteiger partial charge in [0.1, 0.15) is 0 Å². The van der Waals surface area contributed by atoms with Crippen molar-refractivity contribution in [3.05, 3.63) is 18.0 Å². The number of aromatic nitrogens is 2. The van der Waals surface area contributed by atoms with E-state index in [0.29, 0.717) is 5.56 Å². The summed E-state index contributed by atoms with van der Waals surface area (Å²) in [5.41, 5.74) is 0.511. The molecule has 0 saturated carbocycles. The van der Waals surface area contributed by atoms with E-state index in [4.69, 9.17) is 5.11 Å². The zero-order chi connectivity index (χ0) is 11.4. The fourth-order valence-corrected chi connectivity index (χ4v) is 1.21. The normalized spacial score (nSPS) is 12.9. The summed E-state index contributed by atoms with van der Waals surface area (Å²) in [5, 5.41) is 15.7. The Balaban J connectivity index is 2.62. The lowest BCUT2D eigenvalue weighted by Crippen LogP contribution is -2.41. The minimum absolute atomic E-state index is 0.0519. The third-order valence-electron chi connectivity index (χ3n) is 2.28. The summed E-state index contributed by atoms with van der Waals surface area (Å²) >= 11 is 0. The van der Waals surface area contributed by atoms with Crippen LogP contribution in [0.15, 0.2) is 12.4 Å². The first-order valence-electron chi connectivity index (χ1n) is 4.95. The molecule has 1 atom stereocenters. The van der Waals surface area contributed by atoms with E-state index in [9.17, 15) is 4.79 Å². The Kier molecular flexibility index (Phi) is 3.85. The molecule has 1 aromatic rings. The van der Waals surface area contributed by atoms with Gasteiger partial charge in [0.15, 0.2) is 0 Å². The first-order valence-corrected chi connectivity index (χ1v) is 4.95. The van der Waals surface area contributed by atoms with Gasteiger partial charge in [0.05, 0.1) is 24.4 Å². The molecule has 2 N–H and O–H groups in total. The molecule has 0 aliphatic heterocycles. The Morgan fingerprint density at radius 3 is 2.73 bits per heavy atom. The van der Waals surface area contributed by atoms with E-state index in [1.165, 1.54) is 6.20 Å². The minimum Gasteiger partial charge on any atom is -0.394 e. The summed E-state index contributed by atoms with van der Waals surface area (Å²) in [6, 6.07) is -0.210. The molecule has 1 heterocycles. The van der Waals surface area contributed by atoms with Gasteiger partial charge in [-0.1, -0.05) is 13.8 Å². The molecule has 0 saturated heterocycles. The summed E-state index contributed by atoms with van der Waals surface area (Å²) in [6.07, 6.45) is 3.15. The fraction of sp³-hybridized carbons (Fsp3) is 0.600. The van der Waals surface area contributed by atoms with Crippen LogP contribution in [-0.4, -0.2) is 33.4 Å². The number of aliphatic hydroxyl groups is 1. The van der Waals surface area contributed by atoms with Crippen molar-refractivity contribution >= 4 is 5.91 Å². The predicted octanol–water partition coefficient (Wildman–Crippen LogP) is 0.167. The van der Waals surface area contributed by atoms with Crippen molar-refractivity contribution in [2.75, 3.05) is 6.61 Å². The molecular formula is C10H17N3O2. The Hall–Kier alpha value is -1.36. The van der Waals surface area contributed by atoms with E-state index < -0.39 is 0 Å². The molecule has 0 fully saturated rings. The zero-order valence-corrected chi connectivity index (χ0v) is 9.27. The molecule has 1 aromatic heterocycles. The standard InChI is InChI=1S/C10H17N3O2/c1-7(2)9(6-14)12-10(15)8-4-11-13(3)5-8/h4-5,7,9,14H,6H2,1-3H3,(H,12,15). The average Bonchev–Trinajstić information content (AvgIpc) is 2.60. The maximum Gasteiger partial charge on any atom is 0.254 e. The molecular weight excluding hydrogens is 194 g/mol. The highest BCUT2D eigenvalue weighted by molar-refractivity contribution is 5.93. The average molecular weight is 211 g/mol. The maximum absolute atomic E-state index is 11.7. The van der Waals surface area contributed by atoms with E-state index in [-0.39, 0.29) is 24.5 Å². The maximum atomic E-state index is 11.7. The second-order valence-electron chi connectivity index (χ2n) is 3.91. The molecule has 0 aromatic carbocycles. The van der Waals surface area contributed by atoms with Crippen LogP contribution in [0.25, 0.3) is 0 Å². The minimum atomic E-state index is -0.210. The molecule has 84 valence electrons. The quantitative estimate of drug-likeness (QED) is 0.746. The molecule has 15 heavy (non-hydrogen) atoms. The number of aliphatic hydroxyl groups excluding tert-OH is 1. The van der Waals surface area contributed by atoms with Crippen molar-refractivity contribution in [3.63, 3.8) is 0 Å². The summed E-state index contributed by atoms with van der Waals surface area (Å²) in [6.45, 7) is 3.85. The number of rotatable bonds is 4. The van der Waals surface area contributed by atoms with Crippen molar-refractivity contribution in [2.45, 2.75) is 19.9 Å². The number of amides is 1. The van der Waals surface area contributed by atoms with Crippen LogP contribution in [0.5, 0.6) is 0 Å². The molecule has 5 nitrogen and oxygen atoms in total. The Morgan fingerprint density at radius 2 is 2.33 bits per heavy atom. The van der Waals surface area contributed by atoms with Crippen LogP contribution in [0.3, 0.4) is 0 Å². The molecule has 0 aliphatic carbocycles. The highest BCUT2D eigenvalue weighted by Crippen LogP contribution is 2.03. The Morgan fingerprint density at radius 1 is 1.67 bits per heavy atom. The number of aryl methyl sites for hydroxylation is 1. The van der Waals surface area contributed by atoms with Gasteiger partial charge in [-0.2, -0.15) is 5.10 Å². The van der Waals surface area contributed by atoms with Crippen molar-refractivity contribution in [1.29, 1.82) is 0 Å². The first kappa shape index (κ1) is 11.7. The predicted molar refractivity (Wildman–Crippen MR) is 56.4 cm³/mol. The van der Waals surface area contributed by atoms with Gasteiger partial charge in [-0.25, -0.2) is 0 Å². The number of nitrogens with zero attached hydrogens (tertiary/aromatic N) is 2. The third-order valence-corrected chi connectivity index (χ3v) is 2.28. The van der Waals surface area contributed by atoms with Crippen LogP contribution < -0.4 is 5.32 Å². The first-order chi connectivity index (χ1) is 7.04. The molecule has 1 rings (SSSR count). The smallest absolute Gasteiger partial charge is 0.254 e. The largest absolute Gasteiger partial charge is 0.394 e. The van der Waals surface area contributed by atoms with Crippen molar-refractivity contribution in [2.24, 2.45) is 13.0 Å². The van der Waals surface area contributed by atoms with E-state index in [1.807, 2.05) is 13.8 Å². The van der Waals surface area contributed by atoms with Crippen molar-refractivity contribution < 1.29 is 9.90 Å². The van der Waals surface area contributed by atoms with Gasteiger partial charge < -0.3 is 10.4 Å². The van der Waals surface area contributed by atoms with Gasteiger partial charge in [0.2, 0.25) is 0 Å². The molecule has 0 spiro atoms. The number of hydrogen-bond acceptors (Lipinski definition) is 3. The second kappa shape index (κ2) is 4.93. The van der Waals surface area contributed by atoms with E-state index in [2.05, 4.69) is 10.4 Å². The number of hydrogen-bond donors (Lipinski definition) is 2. The fourth-order valence-electron chi connectivity index (χ4n) is 1.21. The summed E-state index contributed by atoms with van der Waals surface area (Å²) in [5.74, 6) is 0.00599. The van der Waals surface area contributed by atoms with Gasteiger partial charge in [-0.3, -0.25) is 9.48 Å². The van der Waals surface area contributed by atoms with Crippen molar-refractivity contribution in [1.82, 2.24) is 15.1 Å². The van der Waals surface area contributed by atoms with E-state index in [0.717, 1.165) is 0 Å². The van der Waals surface area contributed by atoms with Crippen LogP contribution in [0.1, 0.15) is 24.2 Å². The van der Waals surface area contributed by atoms with Gasteiger partial charge >= 0.3 is 0 Å². The van der Waals surface area contributed by atoms with E-state index in [1.54, 1.807) is 17.9 Å². The Bertz CT molecular complexity index is 333. The lowest BCUT2D eigenvalue weighted by atomic mass is 10.1. The van der Waals surface area contributed by atoms with Crippen LogP contribution in [0.4, 0.5) is 0 Å². The summed E-state index contributed by atoms with van der Waals surface area (Å²) < 4.78 is 1.57. The second-order valence-corrected chi connectivity index (χ2v) is 3.91. The van der Waals surface area contributed by atoms with Crippen molar-refractivity contribution in [3.8, 4) is 0 Å². The van der Waals surface area contributed by atoms with Crippen LogP contribution in [0, 0.1) is 5.92 Å². The highest BCUT2D eigenvalue weighted by atomic mass is 16.3. The number of carbonyl (C=O) groups is 1. The third kappa shape index (κ3) is 3.06. The SMILES string of the molecule is CC(C)C(CO)NC(=O)c1cnn(C)c1. The molecule has 0 aliphatic rings. The highest BCUT2D eigenvalue weighted by Gasteiger charge is 2.16. The molecule has 5 heteroatoms. The molecule has 0 radical (unpaired) electrons. The summed E-state index contributed by atoms with van der Waals surface area (Å²) in [7, 11) is 1.75. The van der Waals surface area contributed by atoms with Gasteiger partial charge in [0.25, 0.3) is 5.91 Å². The monoisotopic (exact) mass is 211 g/mol. The number of nitrogens with one attached hydrogen (secondary N) is 1. The Labute approximate surface area is 89.1 Å². The van der Waals surface area contributed by atoms with Crippen LogP contribution in [-0.2, 0) is 7.05 Å². The molecule has 0 bridgehead atoms. The lowest BCUT2D eigenvalue weighted by Gasteiger charge is -2.19. The zero-order valence-electron chi connectivity index (χ0n) is 9.27. The van der Waals surface area contributed by atoms with Crippen LogP contribution in [0.2, 0.25) is 0 Å². The van der Waals surface area contributed by atoms with Gasteiger partial charge in [-0.05, 0) is 5.92 Å². The molecule has 1 amide bonds. The topological polar surface area (TPSA) is 67.2 Å². The number of carbonyl (C=O) groups excluding carboxylic acids is 1. The lowest BCUT2D eigenvalue weighted by molar-refractivity contribution is 0.0897. The van der Waals surface area contributed by atoms with Gasteiger partial charge in [-0.15, -0.1) is 0 Å². The van der Waals surface area contributed by atoms with Crippen LogP contribution >= 0.6 is 0 Å². The molecule has 1 unspecified atom stereocenters. The van der Waals surface area contributed by atoms with Gasteiger partial charge in [0, 0.05) is 13.2 Å². The van der Waals surface area contributed by atoms with E-state index >= 15 is 0 Å². The summed E-state index contributed by atoms with van der Waals surface area (Å²) in [4.78, 5) is 11.7.